The second-order valence-electron chi connectivity index (χ2n) is 4.24. The van der Waals surface area contributed by atoms with Crippen molar-refractivity contribution in [1.82, 2.24) is 5.32 Å². The summed E-state index contributed by atoms with van der Waals surface area (Å²) in [5.74, 6) is -0.0916. The van der Waals surface area contributed by atoms with E-state index in [9.17, 15) is 4.79 Å². The van der Waals surface area contributed by atoms with Crippen LogP contribution in [-0.2, 0) is 4.74 Å². The van der Waals surface area contributed by atoms with Crippen molar-refractivity contribution in [3.8, 4) is 0 Å². The van der Waals surface area contributed by atoms with Crippen molar-refractivity contribution in [3.05, 3.63) is 28.2 Å². The summed E-state index contributed by atoms with van der Waals surface area (Å²) in [6.45, 7) is 4.25. The van der Waals surface area contributed by atoms with Crippen LogP contribution in [0.1, 0.15) is 36.5 Å². The van der Waals surface area contributed by atoms with Gasteiger partial charge in [-0.3, -0.25) is 4.79 Å². The summed E-state index contributed by atoms with van der Waals surface area (Å²) in [6.07, 6.45) is 3.06. The maximum Gasteiger partial charge on any atom is 0.252 e. The number of halogens is 1. The van der Waals surface area contributed by atoms with Crippen molar-refractivity contribution >= 4 is 34.5 Å². The molecule has 1 amide bonds. The van der Waals surface area contributed by atoms with Gasteiger partial charge in [-0.2, -0.15) is 0 Å². The molecule has 5 heteroatoms. The van der Waals surface area contributed by atoms with Crippen molar-refractivity contribution in [2.75, 3.05) is 19.8 Å². The fourth-order valence-corrected chi connectivity index (χ4v) is 2.37. The Morgan fingerprint density at radius 1 is 1.37 bits per heavy atom. The van der Waals surface area contributed by atoms with Crippen LogP contribution in [0.25, 0.3) is 0 Å². The highest BCUT2D eigenvalue weighted by Gasteiger charge is 2.08. The molecule has 0 aromatic heterocycles. The minimum absolute atomic E-state index is 0.0916. The highest BCUT2D eigenvalue weighted by atomic mass is 79.9. The Hall–Kier alpha value is -0.520. The smallest absolute Gasteiger partial charge is 0.252 e. The molecule has 106 valence electrons. The van der Waals surface area contributed by atoms with E-state index in [-0.39, 0.29) is 5.91 Å². The van der Waals surface area contributed by atoms with Crippen molar-refractivity contribution < 1.29 is 9.53 Å². The molecule has 0 unspecified atom stereocenters. The van der Waals surface area contributed by atoms with Gasteiger partial charge < -0.3 is 10.1 Å². The Balaban J connectivity index is 2.24. The number of nitrogens with one attached hydrogen (secondary N) is 1. The molecular weight excluding hydrogens is 326 g/mol. The van der Waals surface area contributed by atoms with Gasteiger partial charge >= 0.3 is 0 Å². The van der Waals surface area contributed by atoms with E-state index in [1.165, 1.54) is 0 Å². The number of unbranched alkanes of at least 4 members (excludes halogenated alkanes) is 1. The molecule has 0 atom stereocenters. The van der Waals surface area contributed by atoms with Gasteiger partial charge in [0.2, 0.25) is 0 Å². The summed E-state index contributed by atoms with van der Waals surface area (Å²) in [7, 11) is 0. The number of rotatable bonds is 8. The molecule has 0 saturated heterocycles. The van der Waals surface area contributed by atoms with Crippen LogP contribution in [0.3, 0.4) is 0 Å². The van der Waals surface area contributed by atoms with E-state index in [0.29, 0.717) is 23.6 Å². The Bertz CT molecular complexity index is 412. The molecule has 19 heavy (non-hydrogen) atoms. The van der Waals surface area contributed by atoms with E-state index in [2.05, 4.69) is 40.8 Å². The number of hydrogen-bond donors (Lipinski definition) is 2. The lowest BCUT2D eigenvalue weighted by Crippen LogP contribution is -2.25. The zero-order chi connectivity index (χ0) is 14.1. The summed E-state index contributed by atoms with van der Waals surface area (Å²) in [4.78, 5) is 12.6. The summed E-state index contributed by atoms with van der Waals surface area (Å²) < 4.78 is 6.34. The van der Waals surface area contributed by atoms with Crippen molar-refractivity contribution in [3.63, 3.8) is 0 Å². The van der Waals surface area contributed by atoms with E-state index < -0.39 is 0 Å². The Labute approximate surface area is 128 Å². The summed E-state index contributed by atoms with van der Waals surface area (Å²) in [5.41, 5.74) is 0.596. The van der Waals surface area contributed by atoms with E-state index in [1.54, 1.807) is 6.07 Å². The molecule has 1 aromatic carbocycles. The summed E-state index contributed by atoms with van der Waals surface area (Å²) in [5, 5.41) is 2.87. The number of benzene rings is 1. The van der Waals surface area contributed by atoms with Crippen LogP contribution in [0, 0.1) is 0 Å². The number of hydrogen-bond acceptors (Lipinski definition) is 3. The van der Waals surface area contributed by atoms with E-state index in [0.717, 1.165) is 30.3 Å². The van der Waals surface area contributed by atoms with Gasteiger partial charge in [-0.05, 0) is 31.0 Å². The molecule has 0 fully saturated rings. The molecule has 0 saturated carbocycles. The van der Waals surface area contributed by atoms with E-state index in [4.69, 9.17) is 4.74 Å². The minimum atomic E-state index is -0.0916. The Morgan fingerprint density at radius 3 is 2.79 bits per heavy atom. The quantitative estimate of drug-likeness (QED) is 0.557. The third-order valence-corrected chi connectivity index (χ3v) is 3.46. The van der Waals surface area contributed by atoms with Crippen LogP contribution in [-0.4, -0.2) is 25.7 Å². The fraction of sp³-hybridized carbons (Fsp3) is 0.500. The maximum absolute atomic E-state index is 11.9. The average molecular weight is 346 g/mol. The van der Waals surface area contributed by atoms with Gasteiger partial charge in [0.15, 0.2) is 0 Å². The number of ether oxygens (including phenoxy) is 1. The van der Waals surface area contributed by atoms with Crippen LogP contribution in [0.2, 0.25) is 0 Å². The molecule has 3 nitrogen and oxygen atoms in total. The number of carbonyl (C=O) groups is 1. The van der Waals surface area contributed by atoms with Gasteiger partial charge in [-0.25, -0.2) is 0 Å². The molecule has 0 aliphatic rings. The molecule has 0 aliphatic carbocycles. The normalized spacial score (nSPS) is 10.5. The first-order valence-corrected chi connectivity index (χ1v) is 7.73. The molecule has 1 aromatic rings. The maximum atomic E-state index is 11.9. The largest absolute Gasteiger partial charge is 0.381 e. The molecule has 1 rings (SSSR count). The van der Waals surface area contributed by atoms with Crippen molar-refractivity contribution in [2.45, 2.75) is 31.1 Å². The lowest BCUT2D eigenvalue weighted by molar-refractivity contribution is 0.0937. The zero-order valence-electron chi connectivity index (χ0n) is 11.1. The van der Waals surface area contributed by atoms with Gasteiger partial charge in [0.05, 0.1) is 5.56 Å². The van der Waals surface area contributed by atoms with Gasteiger partial charge in [0, 0.05) is 29.1 Å². The summed E-state index contributed by atoms with van der Waals surface area (Å²) in [6, 6.07) is 5.41. The molecule has 0 radical (unpaired) electrons. The second-order valence-corrected chi connectivity index (χ2v) is 5.63. The topological polar surface area (TPSA) is 38.3 Å². The van der Waals surface area contributed by atoms with Crippen LogP contribution >= 0.6 is 28.6 Å². The molecule has 0 heterocycles. The minimum Gasteiger partial charge on any atom is -0.381 e. The molecule has 0 aliphatic heterocycles. The predicted octanol–water partition coefficient (Wildman–Crippen LogP) is 3.67. The Kier molecular flexibility index (Phi) is 8.18. The fourth-order valence-electron chi connectivity index (χ4n) is 1.52. The SMILES string of the molecule is CCCCOCCCNC(=O)c1ccc(Br)cc1S. The van der Waals surface area contributed by atoms with Crippen LogP contribution in [0.4, 0.5) is 0 Å². The zero-order valence-corrected chi connectivity index (χ0v) is 13.6. The van der Waals surface area contributed by atoms with Gasteiger partial charge in [-0.1, -0.05) is 29.3 Å². The molecular formula is C14H20BrNO2S. The monoisotopic (exact) mass is 345 g/mol. The Morgan fingerprint density at radius 2 is 2.11 bits per heavy atom. The highest BCUT2D eigenvalue weighted by Crippen LogP contribution is 2.19. The van der Waals surface area contributed by atoms with Crippen LogP contribution in [0.5, 0.6) is 0 Å². The summed E-state index contributed by atoms with van der Waals surface area (Å²) >= 11 is 7.64. The number of thiol groups is 1. The first-order valence-electron chi connectivity index (χ1n) is 6.49. The third-order valence-electron chi connectivity index (χ3n) is 2.60. The standard InChI is InChI=1S/C14H20BrNO2S/c1-2-3-8-18-9-4-7-16-14(17)12-6-5-11(15)10-13(12)19/h5-6,10,19H,2-4,7-9H2,1H3,(H,16,17). The highest BCUT2D eigenvalue weighted by molar-refractivity contribution is 9.10. The predicted molar refractivity (Wildman–Crippen MR) is 84.1 cm³/mol. The van der Waals surface area contributed by atoms with Crippen LogP contribution < -0.4 is 5.32 Å². The molecule has 0 bridgehead atoms. The van der Waals surface area contributed by atoms with Crippen LogP contribution in [0.15, 0.2) is 27.6 Å². The lowest BCUT2D eigenvalue weighted by atomic mass is 10.2. The van der Waals surface area contributed by atoms with Gasteiger partial charge in [-0.15, -0.1) is 12.6 Å². The molecule has 0 spiro atoms. The van der Waals surface area contributed by atoms with Crippen molar-refractivity contribution in [1.29, 1.82) is 0 Å². The first-order chi connectivity index (χ1) is 9.15. The van der Waals surface area contributed by atoms with Gasteiger partial charge in [0.25, 0.3) is 5.91 Å². The van der Waals surface area contributed by atoms with E-state index >= 15 is 0 Å². The van der Waals surface area contributed by atoms with Crippen molar-refractivity contribution in [2.24, 2.45) is 0 Å². The lowest BCUT2D eigenvalue weighted by Gasteiger charge is -2.08. The number of carbonyl (C=O) groups excluding carboxylic acids is 1. The third kappa shape index (κ3) is 6.45. The van der Waals surface area contributed by atoms with Gasteiger partial charge in [0.1, 0.15) is 0 Å². The molecule has 1 N–H and O–H groups in total. The first kappa shape index (κ1) is 16.5. The average Bonchev–Trinajstić information content (AvgIpc) is 2.37. The number of amides is 1. The second kappa shape index (κ2) is 9.39. The van der Waals surface area contributed by atoms with E-state index in [1.807, 2.05) is 12.1 Å².